The van der Waals surface area contributed by atoms with E-state index >= 15 is 0 Å². The number of nitrogens with zero attached hydrogens (tertiary/aromatic N) is 1. The molecule has 24 heavy (non-hydrogen) atoms. The molecule has 1 aliphatic rings. The number of imide groups is 1. The Balaban J connectivity index is 1.69. The fourth-order valence-corrected chi connectivity index (χ4v) is 2.71. The summed E-state index contributed by atoms with van der Waals surface area (Å²) in [6.07, 6.45) is 1.43. The first-order valence-corrected chi connectivity index (χ1v) is 8.14. The number of amides is 4. The lowest BCUT2D eigenvalue weighted by Crippen LogP contribution is -2.46. The number of hydrogen-bond donors (Lipinski definition) is 3. The SMILES string of the molecule is CNC(=O)NC(=O)CN1CCC(C(=O)NCc2ccccc2)CC1. The van der Waals surface area contributed by atoms with Crippen LogP contribution in [0, 0.1) is 5.92 Å². The normalized spacial score (nSPS) is 15.5. The van der Waals surface area contributed by atoms with Crippen molar-refractivity contribution in [2.24, 2.45) is 5.92 Å². The molecule has 2 rings (SSSR count). The molecule has 1 aromatic carbocycles. The number of hydrogen-bond acceptors (Lipinski definition) is 4. The molecule has 1 fully saturated rings. The summed E-state index contributed by atoms with van der Waals surface area (Å²) in [6, 6.07) is 9.30. The topological polar surface area (TPSA) is 90.5 Å². The molecule has 0 aliphatic carbocycles. The minimum atomic E-state index is -0.504. The molecular weight excluding hydrogens is 308 g/mol. The first-order chi connectivity index (χ1) is 11.6. The van der Waals surface area contributed by atoms with Crippen molar-refractivity contribution in [3.63, 3.8) is 0 Å². The van der Waals surface area contributed by atoms with Crippen LogP contribution in [0.2, 0.25) is 0 Å². The lowest BCUT2D eigenvalue weighted by Gasteiger charge is -2.30. The van der Waals surface area contributed by atoms with Crippen LogP contribution in [0.1, 0.15) is 18.4 Å². The zero-order valence-electron chi connectivity index (χ0n) is 13.9. The summed E-state index contributed by atoms with van der Waals surface area (Å²) in [6.45, 7) is 2.05. The fourth-order valence-electron chi connectivity index (χ4n) is 2.71. The largest absolute Gasteiger partial charge is 0.352 e. The van der Waals surface area contributed by atoms with E-state index in [0.717, 1.165) is 5.56 Å². The van der Waals surface area contributed by atoms with Crippen molar-refractivity contribution in [1.82, 2.24) is 20.9 Å². The van der Waals surface area contributed by atoms with E-state index in [1.165, 1.54) is 7.05 Å². The molecule has 1 aliphatic heterocycles. The second kappa shape index (κ2) is 9.02. The molecule has 0 bridgehead atoms. The molecule has 0 aromatic heterocycles. The summed E-state index contributed by atoms with van der Waals surface area (Å²) >= 11 is 0. The maximum Gasteiger partial charge on any atom is 0.321 e. The number of benzene rings is 1. The van der Waals surface area contributed by atoms with Gasteiger partial charge in [-0.25, -0.2) is 4.79 Å². The number of carbonyl (C=O) groups excluding carboxylic acids is 3. The molecule has 0 unspecified atom stereocenters. The summed E-state index contributed by atoms with van der Waals surface area (Å²) in [5, 5.41) is 7.55. The van der Waals surface area contributed by atoms with Crippen LogP contribution < -0.4 is 16.0 Å². The molecule has 0 radical (unpaired) electrons. The Bertz CT molecular complexity index is 568. The smallest absolute Gasteiger partial charge is 0.321 e. The predicted octanol–water partition coefficient (Wildman–Crippen LogP) is 0.470. The highest BCUT2D eigenvalue weighted by Gasteiger charge is 2.25. The van der Waals surface area contributed by atoms with E-state index < -0.39 is 6.03 Å². The van der Waals surface area contributed by atoms with Crippen LogP contribution in [0.5, 0.6) is 0 Å². The predicted molar refractivity (Wildman–Crippen MR) is 90.1 cm³/mol. The van der Waals surface area contributed by atoms with Gasteiger partial charge in [-0.2, -0.15) is 0 Å². The zero-order valence-corrected chi connectivity index (χ0v) is 13.9. The van der Waals surface area contributed by atoms with Gasteiger partial charge in [0.15, 0.2) is 0 Å². The lowest BCUT2D eigenvalue weighted by molar-refractivity contribution is -0.126. The Labute approximate surface area is 141 Å². The highest BCUT2D eigenvalue weighted by atomic mass is 16.2. The summed E-state index contributed by atoms with van der Waals surface area (Å²) in [5.74, 6) is -0.290. The molecular formula is C17H24N4O3. The molecule has 7 nitrogen and oxygen atoms in total. The van der Waals surface area contributed by atoms with E-state index in [2.05, 4.69) is 16.0 Å². The Hall–Kier alpha value is -2.41. The molecule has 0 spiro atoms. The zero-order chi connectivity index (χ0) is 17.4. The maximum absolute atomic E-state index is 12.2. The quantitative estimate of drug-likeness (QED) is 0.731. The van der Waals surface area contributed by atoms with Crippen LogP contribution >= 0.6 is 0 Å². The number of rotatable bonds is 5. The number of likely N-dealkylation sites (tertiary alicyclic amines) is 1. The van der Waals surface area contributed by atoms with E-state index in [1.807, 2.05) is 35.2 Å². The highest BCUT2D eigenvalue weighted by Crippen LogP contribution is 2.17. The van der Waals surface area contributed by atoms with Crippen molar-refractivity contribution >= 4 is 17.8 Å². The molecule has 1 aromatic rings. The molecule has 130 valence electrons. The lowest BCUT2D eigenvalue weighted by atomic mass is 9.96. The first kappa shape index (κ1) is 17.9. The van der Waals surface area contributed by atoms with Crippen molar-refractivity contribution < 1.29 is 14.4 Å². The van der Waals surface area contributed by atoms with Gasteiger partial charge in [0.2, 0.25) is 11.8 Å². The van der Waals surface area contributed by atoms with E-state index in [9.17, 15) is 14.4 Å². The van der Waals surface area contributed by atoms with Crippen molar-refractivity contribution in [1.29, 1.82) is 0 Å². The minimum Gasteiger partial charge on any atom is -0.352 e. The van der Waals surface area contributed by atoms with Gasteiger partial charge in [0, 0.05) is 19.5 Å². The summed E-state index contributed by atoms with van der Waals surface area (Å²) in [7, 11) is 1.46. The number of urea groups is 1. The highest BCUT2D eigenvalue weighted by molar-refractivity contribution is 5.95. The van der Waals surface area contributed by atoms with Crippen LogP contribution in [-0.4, -0.2) is 49.4 Å². The van der Waals surface area contributed by atoms with Crippen LogP contribution in [0.4, 0.5) is 4.79 Å². The van der Waals surface area contributed by atoms with Crippen LogP contribution in [0.25, 0.3) is 0 Å². The van der Waals surface area contributed by atoms with Crippen LogP contribution in [-0.2, 0) is 16.1 Å². The average Bonchev–Trinajstić information content (AvgIpc) is 2.61. The number of piperidine rings is 1. The summed E-state index contributed by atoms with van der Waals surface area (Å²) in [5.41, 5.74) is 1.08. The molecule has 1 heterocycles. The van der Waals surface area contributed by atoms with Gasteiger partial charge in [-0.15, -0.1) is 0 Å². The third-order valence-corrected chi connectivity index (χ3v) is 4.12. The second-order valence-electron chi connectivity index (χ2n) is 5.88. The monoisotopic (exact) mass is 332 g/mol. The Morgan fingerprint density at radius 1 is 1.12 bits per heavy atom. The van der Waals surface area contributed by atoms with E-state index in [1.54, 1.807) is 0 Å². The third-order valence-electron chi connectivity index (χ3n) is 4.12. The standard InChI is InChI=1S/C17H24N4O3/c1-18-17(24)20-15(22)12-21-9-7-14(8-10-21)16(23)19-11-13-5-3-2-4-6-13/h2-6,14H,7-12H2,1H3,(H,19,23)(H2,18,20,22,24). The van der Waals surface area contributed by atoms with Gasteiger partial charge in [0.05, 0.1) is 6.54 Å². The van der Waals surface area contributed by atoms with Gasteiger partial charge in [-0.3, -0.25) is 19.8 Å². The molecule has 0 saturated carbocycles. The van der Waals surface area contributed by atoms with E-state index in [0.29, 0.717) is 32.5 Å². The summed E-state index contributed by atoms with van der Waals surface area (Å²) in [4.78, 5) is 36.9. The Morgan fingerprint density at radius 2 is 1.79 bits per heavy atom. The van der Waals surface area contributed by atoms with Crippen molar-refractivity contribution in [3.05, 3.63) is 35.9 Å². The third kappa shape index (κ3) is 5.66. The Kier molecular flexibility index (Phi) is 6.74. The molecule has 0 atom stereocenters. The fraction of sp³-hybridized carbons (Fsp3) is 0.471. The van der Waals surface area contributed by atoms with Gasteiger partial charge in [-0.1, -0.05) is 30.3 Å². The van der Waals surface area contributed by atoms with Gasteiger partial charge in [0.1, 0.15) is 0 Å². The van der Waals surface area contributed by atoms with Gasteiger partial charge in [0.25, 0.3) is 0 Å². The molecule has 3 N–H and O–H groups in total. The average molecular weight is 332 g/mol. The van der Waals surface area contributed by atoms with Gasteiger partial charge in [-0.05, 0) is 31.5 Å². The number of nitrogens with one attached hydrogen (secondary N) is 3. The van der Waals surface area contributed by atoms with Crippen molar-refractivity contribution in [2.45, 2.75) is 19.4 Å². The molecule has 7 heteroatoms. The second-order valence-corrected chi connectivity index (χ2v) is 5.88. The van der Waals surface area contributed by atoms with Gasteiger partial charge < -0.3 is 10.6 Å². The van der Waals surface area contributed by atoms with E-state index in [4.69, 9.17) is 0 Å². The maximum atomic E-state index is 12.2. The van der Waals surface area contributed by atoms with Crippen molar-refractivity contribution in [2.75, 3.05) is 26.7 Å². The molecule has 1 saturated heterocycles. The van der Waals surface area contributed by atoms with Crippen LogP contribution in [0.15, 0.2) is 30.3 Å². The van der Waals surface area contributed by atoms with Gasteiger partial charge >= 0.3 is 6.03 Å². The molecule has 4 amide bonds. The van der Waals surface area contributed by atoms with E-state index in [-0.39, 0.29) is 24.3 Å². The summed E-state index contributed by atoms with van der Waals surface area (Å²) < 4.78 is 0. The van der Waals surface area contributed by atoms with Crippen molar-refractivity contribution in [3.8, 4) is 0 Å². The first-order valence-electron chi connectivity index (χ1n) is 8.14. The number of carbonyl (C=O) groups is 3. The minimum absolute atomic E-state index is 0.0213. The van der Waals surface area contributed by atoms with Crippen LogP contribution in [0.3, 0.4) is 0 Å². The Morgan fingerprint density at radius 3 is 2.42 bits per heavy atom.